The summed E-state index contributed by atoms with van der Waals surface area (Å²) in [7, 11) is -4.14. The molecule has 0 saturated carbocycles. The normalized spacial score (nSPS) is 11.0. The lowest BCUT2D eigenvalue weighted by Crippen LogP contribution is -2.25. The van der Waals surface area contributed by atoms with Gasteiger partial charge in [-0.3, -0.25) is 9.59 Å². The first kappa shape index (κ1) is 20.3. The van der Waals surface area contributed by atoms with Gasteiger partial charge in [-0.25, -0.2) is 17.5 Å². The van der Waals surface area contributed by atoms with Gasteiger partial charge in [0.05, 0.1) is 6.42 Å². The van der Waals surface area contributed by atoms with E-state index >= 15 is 0 Å². The minimum absolute atomic E-state index is 0.0655. The highest BCUT2D eigenvalue weighted by Crippen LogP contribution is 2.20. The van der Waals surface area contributed by atoms with Crippen molar-refractivity contribution in [1.82, 2.24) is 4.72 Å². The molecule has 2 aromatic carbocycles. The van der Waals surface area contributed by atoms with E-state index in [1.54, 1.807) is 24.3 Å². The smallest absolute Gasteiger partial charge is 0.255 e. The van der Waals surface area contributed by atoms with Crippen LogP contribution in [0.5, 0.6) is 0 Å². The van der Waals surface area contributed by atoms with E-state index in [1.165, 1.54) is 6.08 Å². The fourth-order valence-electron chi connectivity index (χ4n) is 2.28. The van der Waals surface area contributed by atoms with Gasteiger partial charge in [0.25, 0.3) is 5.91 Å². The molecule has 0 atom stereocenters. The Morgan fingerprint density at radius 1 is 1.19 bits per heavy atom. The third kappa shape index (κ3) is 5.22. The number of para-hydroxylation sites is 1. The van der Waals surface area contributed by atoms with Crippen LogP contribution in [0.25, 0.3) is 0 Å². The summed E-state index contributed by atoms with van der Waals surface area (Å²) in [5.74, 6) is -2.22. The lowest BCUT2D eigenvalue weighted by atomic mass is 10.1. The van der Waals surface area contributed by atoms with Gasteiger partial charge in [0, 0.05) is 17.8 Å². The van der Waals surface area contributed by atoms with Crippen molar-refractivity contribution >= 4 is 27.5 Å². The number of hydrogen-bond acceptors (Lipinski definition) is 4. The van der Waals surface area contributed by atoms with E-state index in [1.807, 2.05) is 0 Å². The molecule has 7 nitrogen and oxygen atoms in total. The van der Waals surface area contributed by atoms with Crippen molar-refractivity contribution < 1.29 is 22.4 Å². The van der Waals surface area contributed by atoms with E-state index in [2.05, 4.69) is 16.6 Å². The summed E-state index contributed by atoms with van der Waals surface area (Å²) in [5.41, 5.74) is 5.97. The van der Waals surface area contributed by atoms with E-state index in [0.717, 1.165) is 18.2 Å². The molecule has 27 heavy (non-hydrogen) atoms. The van der Waals surface area contributed by atoms with Gasteiger partial charge in [0.1, 0.15) is 10.7 Å². The summed E-state index contributed by atoms with van der Waals surface area (Å²) in [6.07, 6.45) is 1.23. The second-order valence-corrected chi connectivity index (χ2v) is 7.28. The number of carbonyl (C=O) groups is 2. The van der Waals surface area contributed by atoms with Crippen LogP contribution in [0.4, 0.5) is 10.1 Å². The number of nitrogens with two attached hydrogens (primary N) is 1. The number of rotatable bonds is 8. The molecule has 2 aromatic rings. The maximum absolute atomic E-state index is 14.0. The number of hydrogen-bond donors (Lipinski definition) is 3. The molecule has 142 valence electrons. The van der Waals surface area contributed by atoms with Gasteiger partial charge in [-0.05, 0) is 29.8 Å². The van der Waals surface area contributed by atoms with Crippen molar-refractivity contribution in [3.63, 3.8) is 0 Å². The number of amides is 2. The number of carbonyl (C=O) groups excluding carboxylic acids is 2. The van der Waals surface area contributed by atoms with Crippen LogP contribution in [0.2, 0.25) is 0 Å². The number of sulfonamides is 1. The first-order valence-electron chi connectivity index (χ1n) is 7.82. The highest BCUT2D eigenvalue weighted by atomic mass is 32.2. The minimum atomic E-state index is -4.14. The number of nitrogens with one attached hydrogen (secondary N) is 2. The number of primary amides is 1. The Labute approximate surface area is 156 Å². The van der Waals surface area contributed by atoms with Crippen LogP contribution in [0.3, 0.4) is 0 Å². The van der Waals surface area contributed by atoms with E-state index in [9.17, 15) is 22.4 Å². The molecule has 0 aromatic heterocycles. The topological polar surface area (TPSA) is 118 Å². The Morgan fingerprint density at radius 3 is 2.56 bits per heavy atom. The first-order valence-corrected chi connectivity index (χ1v) is 9.30. The van der Waals surface area contributed by atoms with Crippen molar-refractivity contribution in [1.29, 1.82) is 0 Å². The van der Waals surface area contributed by atoms with Gasteiger partial charge in [0.15, 0.2) is 0 Å². The summed E-state index contributed by atoms with van der Waals surface area (Å²) < 4.78 is 40.4. The van der Waals surface area contributed by atoms with Crippen molar-refractivity contribution in [2.24, 2.45) is 5.73 Å². The molecule has 0 aliphatic carbocycles. The van der Waals surface area contributed by atoms with Gasteiger partial charge in [-0.1, -0.05) is 24.3 Å². The summed E-state index contributed by atoms with van der Waals surface area (Å²) in [6.45, 7) is 3.30. The standard InChI is InChI=1S/C18H18FN3O4S/c1-2-9-21-27(25,26)16-10-13(7-8-14(16)19)18(24)22-15-6-4-3-5-12(15)11-17(20)23/h2-8,10,21H,1,9,11H2,(H2,20,23)(H,22,24). The summed E-state index contributed by atoms with van der Waals surface area (Å²) in [5, 5.41) is 2.57. The van der Waals surface area contributed by atoms with Crippen LogP contribution < -0.4 is 15.8 Å². The average molecular weight is 391 g/mol. The summed E-state index contributed by atoms with van der Waals surface area (Å²) >= 11 is 0. The van der Waals surface area contributed by atoms with Gasteiger partial charge >= 0.3 is 0 Å². The minimum Gasteiger partial charge on any atom is -0.369 e. The second-order valence-electron chi connectivity index (χ2n) is 5.54. The predicted molar refractivity (Wildman–Crippen MR) is 99.1 cm³/mol. The van der Waals surface area contributed by atoms with E-state index < -0.39 is 32.6 Å². The van der Waals surface area contributed by atoms with Gasteiger partial charge < -0.3 is 11.1 Å². The predicted octanol–water partition coefficient (Wildman–Crippen LogP) is 1.57. The maximum Gasteiger partial charge on any atom is 0.255 e. The van der Waals surface area contributed by atoms with Crippen molar-refractivity contribution in [3.05, 3.63) is 72.1 Å². The zero-order valence-corrected chi connectivity index (χ0v) is 15.1. The molecule has 0 aliphatic heterocycles. The second kappa shape index (κ2) is 8.56. The highest BCUT2D eigenvalue weighted by Gasteiger charge is 2.21. The highest BCUT2D eigenvalue weighted by molar-refractivity contribution is 7.89. The molecule has 0 unspecified atom stereocenters. The lowest BCUT2D eigenvalue weighted by Gasteiger charge is -2.11. The molecule has 9 heteroatoms. The van der Waals surface area contributed by atoms with Crippen LogP contribution in [0.1, 0.15) is 15.9 Å². The van der Waals surface area contributed by atoms with Gasteiger partial charge in [-0.15, -0.1) is 6.58 Å². The number of benzene rings is 2. The zero-order valence-electron chi connectivity index (χ0n) is 14.2. The number of halogens is 1. The monoisotopic (exact) mass is 391 g/mol. The molecule has 0 heterocycles. The molecule has 0 bridgehead atoms. The van der Waals surface area contributed by atoms with Crippen molar-refractivity contribution in [3.8, 4) is 0 Å². The van der Waals surface area contributed by atoms with Crippen molar-refractivity contribution in [2.45, 2.75) is 11.3 Å². The Balaban J connectivity index is 2.32. The molecule has 2 amide bonds. The molecular formula is C18H18FN3O4S. The zero-order chi connectivity index (χ0) is 20.0. The quantitative estimate of drug-likeness (QED) is 0.592. The lowest BCUT2D eigenvalue weighted by molar-refractivity contribution is -0.117. The van der Waals surface area contributed by atoms with Crippen molar-refractivity contribution in [2.75, 3.05) is 11.9 Å². The maximum atomic E-state index is 14.0. The van der Waals surface area contributed by atoms with Crippen LogP contribution in [-0.4, -0.2) is 26.8 Å². The summed E-state index contributed by atoms with van der Waals surface area (Å²) in [6, 6.07) is 9.53. The Bertz CT molecular complexity index is 990. The fraction of sp³-hybridized carbons (Fsp3) is 0.111. The van der Waals surface area contributed by atoms with Gasteiger partial charge in [0.2, 0.25) is 15.9 Å². The number of anilines is 1. The molecule has 0 saturated heterocycles. The largest absolute Gasteiger partial charge is 0.369 e. The molecule has 0 radical (unpaired) electrons. The third-order valence-electron chi connectivity index (χ3n) is 3.53. The van der Waals surface area contributed by atoms with E-state index in [4.69, 9.17) is 5.73 Å². The van der Waals surface area contributed by atoms with Crippen LogP contribution in [0.15, 0.2) is 60.0 Å². The van der Waals surface area contributed by atoms with Crippen LogP contribution >= 0.6 is 0 Å². The molecule has 0 fully saturated rings. The molecule has 4 N–H and O–H groups in total. The SMILES string of the molecule is C=CCNS(=O)(=O)c1cc(C(=O)Nc2ccccc2CC(N)=O)ccc1F. The Morgan fingerprint density at radius 2 is 1.89 bits per heavy atom. The van der Waals surface area contributed by atoms with Gasteiger partial charge in [-0.2, -0.15) is 0 Å². The van der Waals surface area contributed by atoms with E-state index in [0.29, 0.717) is 11.3 Å². The average Bonchev–Trinajstić information content (AvgIpc) is 2.61. The van der Waals surface area contributed by atoms with Crippen LogP contribution in [0, 0.1) is 5.82 Å². The first-order chi connectivity index (χ1) is 12.7. The van der Waals surface area contributed by atoms with Crippen LogP contribution in [-0.2, 0) is 21.2 Å². The molecule has 0 aliphatic rings. The van der Waals surface area contributed by atoms with E-state index in [-0.39, 0.29) is 18.5 Å². The summed E-state index contributed by atoms with van der Waals surface area (Å²) in [4.78, 5) is 23.0. The Kier molecular flexibility index (Phi) is 6.43. The fourth-order valence-corrected chi connectivity index (χ4v) is 3.38. The molecule has 0 spiro atoms. The molecule has 2 rings (SSSR count). The Hall–Kier alpha value is -3.04. The third-order valence-corrected chi connectivity index (χ3v) is 4.97. The molecular weight excluding hydrogens is 373 g/mol.